The summed E-state index contributed by atoms with van der Waals surface area (Å²) in [4.78, 5) is 11.1. The summed E-state index contributed by atoms with van der Waals surface area (Å²) in [5.74, 6) is 0.638. The fourth-order valence-electron chi connectivity index (χ4n) is 3.99. The van der Waals surface area contributed by atoms with Crippen molar-refractivity contribution >= 4 is 34.7 Å². The van der Waals surface area contributed by atoms with E-state index in [0.717, 1.165) is 43.2 Å². The lowest BCUT2D eigenvalue weighted by Crippen LogP contribution is -2.41. The fourth-order valence-corrected chi connectivity index (χ4v) is 4.25. The van der Waals surface area contributed by atoms with Crippen LogP contribution in [0, 0.1) is 6.92 Å². The number of aryl methyl sites for hydroxylation is 1. The number of hydrogen-bond acceptors (Lipinski definition) is 4. The molecule has 0 amide bonds. The maximum Gasteiger partial charge on any atom is 0.222 e. The number of hydrogen-bond donors (Lipinski definition) is 1. The zero-order valence-electron chi connectivity index (χ0n) is 15.0. The van der Waals surface area contributed by atoms with E-state index in [2.05, 4.69) is 39.2 Å². The fraction of sp³-hybridized carbons (Fsp3) is 0.400. The minimum absolute atomic E-state index is 0.444. The molecule has 0 spiro atoms. The first-order valence-electron chi connectivity index (χ1n) is 9.00. The van der Waals surface area contributed by atoms with E-state index in [1.165, 1.54) is 16.7 Å². The molecule has 1 atom stereocenters. The molecule has 0 fully saturated rings. The maximum atomic E-state index is 6.21. The predicted octanol–water partition coefficient (Wildman–Crippen LogP) is 4.61. The molecule has 4 nitrogen and oxygen atoms in total. The SMILES string of the molecule is Cc1nc(NCCN2CCC3=C(Cc4ccc(Cl)cc43)C2C)ncc1Cl. The number of anilines is 1. The molecule has 2 aromatic rings. The van der Waals surface area contributed by atoms with Gasteiger partial charge in [0.05, 0.1) is 16.9 Å². The first kappa shape index (κ1) is 17.8. The van der Waals surface area contributed by atoms with Crippen molar-refractivity contribution in [1.82, 2.24) is 14.9 Å². The van der Waals surface area contributed by atoms with E-state index in [-0.39, 0.29) is 0 Å². The van der Waals surface area contributed by atoms with Crippen LogP contribution >= 0.6 is 23.2 Å². The van der Waals surface area contributed by atoms with Crippen LogP contribution in [0.25, 0.3) is 5.57 Å². The van der Waals surface area contributed by atoms with Crippen LogP contribution in [0.5, 0.6) is 0 Å². The second kappa shape index (κ2) is 7.18. The second-order valence-corrected chi connectivity index (χ2v) is 7.84. The van der Waals surface area contributed by atoms with Gasteiger partial charge in [-0.05, 0) is 61.1 Å². The third-order valence-corrected chi connectivity index (χ3v) is 6.07. The lowest BCUT2D eigenvalue weighted by Gasteiger charge is -2.35. The van der Waals surface area contributed by atoms with Gasteiger partial charge in [0.1, 0.15) is 0 Å². The summed E-state index contributed by atoms with van der Waals surface area (Å²) < 4.78 is 0. The number of rotatable bonds is 4. The van der Waals surface area contributed by atoms with E-state index in [1.54, 1.807) is 11.8 Å². The van der Waals surface area contributed by atoms with Gasteiger partial charge < -0.3 is 5.32 Å². The second-order valence-electron chi connectivity index (χ2n) is 7.00. The van der Waals surface area contributed by atoms with E-state index in [9.17, 15) is 0 Å². The van der Waals surface area contributed by atoms with Crippen molar-refractivity contribution in [2.75, 3.05) is 25.0 Å². The van der Waals surface area contributed by atoms with Gasteiger partial charge in [-0.1, -0.05) is 29.3 Å². The topological polar surface area (TPSA) is 41.1 Å². The molecule has 0 bridgehead atoms. The highest BCUT2D eigenvalue weighted by Gasteiger charge is 2.31. The molecule has 6 heteroatoms. The minimum atomic E-state index is 0.444. The number of nitrogens with one attached hydrogen (secondary N) is 1. The normalized spacial score (nSPS) is 19.5. The van der Waals surface area contributed by atoms with Crippen molar-refractivity contribution in [2.24, 2.45) is 0 Å². The van der Waals surface area contributed by atoms with Crippen LogP contribution in [-0.4, -0.2) is 40.5 Å². The third-order valence-electron chi connectivity index (χ3n) is 5.47. The Balaban J connectivity index is 1.40. The van der Waals surface area contributed by atoms with Gasteiger partial charge in [-0.3, -0.25) is 4.90 Å². The molecule has 1 unspecified atom stereocenters. The van der Waals surface area contributed by atoms with Crippen molar-refractivity contribution < 1.29 is 0 Å². The van der Waals surface area contributed by atoms with E-state index in [4.69, 9.17) is 23.2 Å². The molecule has 0 saturated heterocycles. The highest BCUT2D eigenvalue weighted by atomic mass is 35.5. The van der Waals surface area contributed by atoms with Gasteiger partial charge in [0, 0.05) is 30.7 Å². The monoisotopic (exact) mass is 388 g/mol. The predicted molar refractivity (Wildman–Crippen MR) is 108 cm³/mol. The van der Waals surface area contributed by atoms with Gasteiger partial charge in [-0.25, -0.2) is 9.97 Å². The van der Waals surface area contributed by atoms with Crippen molar-refractivity contribution in [1.29, 1.82) is 0 Å². The Morgan fingerprint density at radius 2 is 2.15 bits per heavy atom. The molecule has 1 aromatic carbocycles. The lowest BCUT2D eigenvalue weighted by atomic mass is 9.94. The van der Waals surface area contributed by atoms with Crippen LogP contribution < -0.4 is 5.32 Å². The summed E-state index contributed by atoms with van der Waals surface area (Å²) in [5.41, 5.74) is 6.63. The van der Waals surface area contributed by atoms with Gasteiger partial charge in [0.25, 0.3) is 0 Å². The van der Waals surface area contributed by atoms with Crippen molar-refractivity contribution in [3.8, 4) is 0 Å². The molecule has 4 rings (SSSR count). The summed E-state index contributed by atoms with van der Waals surface area (Å²) in [7, 11) is 0. The Morgan fingerprint density at radius 1 is 1.31 bits per heavy atom. The van der Waals surface area contributed by atoms with E-state index >= 15 is 0 Å². The van der Waals surface area contributed by atoms with Gasteiger partial charge in [0.15, 0.2) is 0 Å². The van der Waals surface area contributed by atoms with Gasteiger partial charge >= 0.3 is 0 Å². The van der Waals surface area contributed by atoms with Crippen LogP contribution in [0.15, 0.2) is 30.0 Å². The number of benzene rings is 1. The van der Waals surface area contributed by atoms with E-state index < -0.39 is 0 Å². The highest BCUT2D eigenvalue weighted by molar-refractivity contribution is 6.31. The Bertz CT molecular complexity index is 878. The molecule has 1 aliphatic carbocycles. The Kier molecular flexibility index (Phi) is 4.91. The summed E-state index contributed by atoms with van der Waals surface area (Å²) >= 11 is 12.2. The Hall–Kier alpha value is -1.62. The first-order valence-corrected chi connectivity index (χ1v) is 9.76. The van der Waals surface area contributed by atoms with Crippen LogP contribution in [0.4, 0.5) is 5.95 Å². The van der Waals surface area contributed by atoms with Crippen molar-refractivity contribution in [3.05, 3.63) is 56.8 Å². The molecule has 2 aliphatic rings. The van der Waals surface area contributed by atoms with Crippen LogP contribution in [0.2, 0.25) is 10.0 Å². The zero-order chi connectivity index (χ0) is 18.3. The van der Waals surface area contributed by atoms with E-state index in [0.29, 0.717) is 17.0 Å². The summed E-state index contributed by atoms with van der Waals surface area (Å²) in [6, 6.07) is 6.75. The van der Waals surface area contributed by atoms with Crippen molar-refractivity contribution in [3.63, 3.8) is 0 Å². The average Bonchev–Trinajstić information content (AvgIpc) is 2.99. The number of nitrogens with zero attached hydrogens (tertiary/aromatic N) is 3. The molecule has 136 valence electrons. The van der Waals surface area contributed by atoms with Crippen LogP contribution in [0.3, 0.4) is 0 Å². The largest absolute Gasteiger partial charge is 0.353 e. The molecular formula is C20H22Cl2N4. The van der Waals surface area contributed by atoms with Gasteiger partial charge in [-0.15, -0.1) is 0 Å². The molecule has 0 saturated carbocycles. The summed E-state index contributed by atoms with van der Waals surface area (Å²) in [5, 5.41) is 4.74. The summed E-state index contributed by atoms with van der Waals surface area (Å²) in [6.07, 6.45) is 3.78. The molecule has 1 N–H and O–H groups in total. The lowest BCUT2D eigenvalue weighted by molar-refractivity contribution is 0.236. The first-order chi connectivity index (χ1) is 12.5. The Labute approximate surface area is 164 Å². The molecule has 26 heavy (non-hydrogen) atoms. The van der Waals surface area contributed by atoms with Gasteiger partial charge in [-0.2, -0.15) is 0 Å². The maximum absolute atomic E-state index is 6.21. The molecular weight excluding hydrogens is 367 g/mol. The van der Waals surface area contributed by atoms with Crippen molar-refractivity contribution in [2.45, 2.75) is 32.7 Å². The highest BCUT2D eigenvalue weighted by Crippen LogP contribution is 2.41. The summed E-state index contributed by atoms with van der Waals surface area (Å²) in [6.45, 7) is 7.03. The molecule has 2 heterocycles. The van der Waals surface area contributed by atoms with Gasteiger partial charge in [0.2, 0.25) is 5.95 Å². The molecule has 1 aromatic heterocycles. The molecule has 0 radical (unpaired) electrons. The minimum Gasteiger partial charge on any atom is -0.353 e. The van der Waals surface area contributed by atoms with E-state index in [1.807, 2.05) is 13.0 Å². The quantitative estimate of drug-likeness (QED) is 0.829. The number of aromatic nitrogens is 2. The zero-order valence-corrected chi connectivity index (χ0v) is 16.5. The number of fused-ring (bicyclic) bond motifs is 2. The smallest absolute Gasteiger partial charge is 0.222 e. The average molecular weight is 389 g/mol. The Morgan fingerprint density at radius 3 is 2.96 bits per heavy atom. The van der Waals surface area contributed by atoms with Crippen LogP contribution in [0.1, 0.15) is 30.2 Å². The number of halogens is 2. The molecule has 1 aliphatic heterocycles. The standard InChI is InChI=1S/C20H22Cl2N4/c1-12-19(22)11-24-20(25-12)23-6-8-26-7-5-16-17(13(26)2)9-14-3-4-15(21)10-18(14)16/h3-4,10-11,13H,5-9H2,1-2H3,(H,23,24,25). The third kappa shape index (κ3) is 3.34. The van der Waals surface area contributed by atoms with Crippen LogP contribution in [-0.2, 0) is 6.42 Å².